The van der Waals surface area contributed by atoms with Gasteiger partial charge in [0.25, 0.3) is 0 Å². The molecule has 3 rings (SSSR count). The second-order valence-corrected chi connectivity index (χ2v) is 12.2. The van der Waals surface area contributed by atoms with Crippen LogP contribution in [0.15, 0.2) is 12.1 Å². The van der Waals surface area contributed by atoms with Crippen LogP contribution >= 0.6 is 46.4 Å². The van der Waals surface area contributed by atoms with Crippen molar-refractivity contribution in [3.05, 3.63) is 28.0 Å². The Balaban J connectivity index is 1.69. The fourth-order valence-electron chi connectivity index (χ4n) is 2.66. The third-order valence-corrected chi connectivity index (χ3v) is 8.94. The van der Waals surface area contributed by atoms with Crippen molar-refractivity contribution in [2.45, 2.75) is 24.4 Å². The van der Waals surface area contributed by atoms with Gasteiger partial charge in [-0.05, 0) is 12.1 Å². The molecule has 6 N–H and O–H groups in total. The Labute approximate surface area is 186 Å². The molecule has 2 unspecified atom stereocenters. The van der Waals surface area contributed by atoms with Crippen LogP contribution in [-0.2, 0) is 31.6 Å². The number of nitrogens with zero attached hydrogens (tertiary/aromatic N) is 1. The predicted molar refractivity (Wildman–Crippen MR) is 104 cm³/mol. The Hall–Kier alpha value is -0.380. The molecule has 2 aromatic rings. The molecule has 1 aliphatic heterocycles. The molecule has 0 bridgehead atoms. The summed E-state index contributed by atoms with van der Waals surface area (Å²) in [6, 6.07) is 2.45. The number of phosphoric ester groups is 1. The van der Waals surface area contributed by atoms with Gasteiger partial charge in [-0.15, -0.1) is 11.3 Å². The summed E-state index contributed by atoms with van der Waals surface area (Å²) in [6.07, 6.45) is -6.10. The van der Waals surface area contributed by atoms with Crippen molar-refractivity contribution in [1.82, 2.24) is 4.98 Å². The van der Waals surface area contributed by atoms with Crippen LogP contribution in [0.4, 0.5) is 4.39 Å². The molecule has 0 amide bonds. The fraction of sp³-hybridized carbons (Fsp3) is 0.417. The number of benzene rings is 1. The smallest absolute Gasteiger partial charge is 0.387 e. The van der Waals surface area contributed by atoms with Gasteiger partial charge in [-0.3, -0.25) is 4.52 Å². The number of rotatable bonds is 8. The first-order valence-corrected chi connectivity index (χ1v) is 13.8. The van der Waals surface area contributed by atoms with E-state index in [-0.39, 0.29) is 15.5 Å². The third kappa shape index (κ3) is 6.39. The van der Waals surface area contributed by atoms with Crippen molar-refractivity contribution in [3.8, 4) is 0 Å². The number of hydrogen-bond donors (Lipinski definition) is 6. The summed E-state index contributed by atoms with van der Waals surface area (Å²) in [6.45, 7) is -0.983. The average Bonchev–Trinajstić information content (AvgIpc) is 3.12. The van der Waals surface area contributed by atoms with E-state index in [0.29, 0.717) is 4.70 Å². The molecule has 20 heteroatoms. The van der Waals surface area contributed by atoms with Crippen molar-refractivity contribution in [1.29, 1.82) is 0 Å². The highest BCUT2D eigenvalue weighted by molar-refractivity contribution is 7.66. The van der Waals surface area contributed by atoms with Gasteiger partial charge in [0.05, 0.1) is 11.3 Å². The molecular weight excluding hydrogens is 546 g/mol. The van der Waals surface area contributed by atoms with Crippen LogP contribution in [0.3, 0.4) is 0 Å². The highest BCUT2D eigenvalue weighted by atomic mass is 35.5. The molecule has 0 radical (unpaired) electrons. The molecule has 2 heterocycles. The molecule has 1 saturated heterocycles. The topological polar surface area (TPSA) is 222 Å². The lowest BCUT2D eigenvalue weighted by Crippen LogP contribution is -2.33. The van der Waals surface area contributed by atoms with Crippen LogP contribution in [-0.4, -0.2) is 59.7 Å². The van der Waals surface area contributed by atoms with Crippen LogP contribution in [0.25, 0.3) is 10.2 Å². The van der Waals surface area contributed by atoms with Gasteiger partial charge in [0, 0.05) is 5.02 Å². The van der Waals surface area contributed by atoms with Crippen molar-refractivity contribution < 1.29 is 65.8 Å². The van der Waals surface area contributed by atoms with Crippen LogP contribution in [0, 0.1) is 5.82 Å². The molecule has 180 valence electrons. The molecule has 32 heavy (non-hydrogen) atoms. The quantitative estimate of drug-likeness (QED) is 0.253. The summed E-state index contributed by atoms with van der Waals surface area (Å²) in [5.74, 6) is -0.729. The largest absolute Gasteiger partial charge is 0.490 e. The molecule has 0 spiro atoms. The standard InChI is InChI=1S/C12H14ClFNO13P3S/c13-4-1-5(14)8-7(2-4)32-12(15-8)11-10(17)9(16)6(26-11)3-25-30(21,22)28-31(23,24)27-29(18,19)20/h1-2,6,9-11,16-17H,3H2,(H,21,22)(H,23,24)(H2,18,19,20)/t6-,9-,10-,11-/m1/s1. The summed E-state index contributed by atoms with van der Waals surface area (Å²) in [7, 11) is -16.7. The van der Waals surface area contributed by atoms with E-state index in [1.165, 1.54) is 6.07 Å². The van der Waals surface area contributed by atoms with E-state index in [4.69, 9.17) is 31.0 Å². The molecule has 1 fully saturated rings. The zero-order chi connectivity index (χ0) is 24.1. The predicted octanol–water partition coefficient (Wildman–Crippen LogP) is 1.59. The maximum absolute atomic E-state index is 14.0. The number of phosphoric acid groups is 3. The van der Waals surface area contributed by atoms with E-state index >= 15 is 0 Å². The Morgan fingerprint density at radius 2 is 1.75 bits per heavy atom. The minimum Gasteiger partial charge on any atom is -0.387 e. The van der Waals surface area contributed by atoms with E-state index in [1.54, 1.807) is 0 Å². The van der Waals surface area contributed by atoms with Gasteiger partial charge >= 0.3 is 23.5 Å². The first-order valence-electron chi connectivity index (χ1n) is 8.12. The number of aliphatic hydroxyl groups is 2. The zero-order valence-electron chi connectivity index (χ0n) is 15.2. The summed E-state index contributed by atoms with van der Waals surface area (Å²) < 4.78 is 64.9. The second-order valence-electron chi connectivity index (χ2n) is 6.25. The Bertz CT molecular complexity index is 1160. The Kier molecular flexibility index (Phi) is 7.66. The number of aliphatic hydroxyl groups excluding tert-OH is 2. The van der Waals surface area contributed by atoms with E-state index < -0.39 is 60.3 Å². The van der Waals surface area contributed by atoms with Gasteiger partial charge in [-0.25, -0.2) is 23.1 Å². The molecule has 6 atom stereocenters. The lowest BCUT2D eigenvalue weighted by molar-refractivity contribution is -0.0222. The lowest BCUT2D eigenvalue weighted by atomic mass is 10.1. The van der Waals surface area contributed by atoms with E-state index in [0.717, 1.165) is 17.4 Å². The van der Waals surface area contributed by atoms with Gasteiger partial charge in [-0.2, -0.15) is 8.62 Å². The third-order valence-electron chi connectivity index (χ3n) is 3.85. The first-order chi connectivity index (χ1) is 14.6. The van der Waals surface area contributed by atoms with Gasteiger partial charge in [-0.1, -0.05) is 11.6 Å². The minimum atomic E-state index is -5.72. The van der Waals surface area contributed by atoms with Crippen molar-refractivity contribution in [2.75, 3.05) is 6.61 Å². The van der Waals surface area contributed by atoms with E-state index in [1.807, 2.05) is 0 Å². The molecule has 0 saturated carbocycles. The minimum absolute atomic E-state index is 0.0496. The number of fused-ring (bicyclic) bond motifs is 1. The summed E-state index contributed by atoms with van der Waals surface area (Å²) in [4.78, 5) is 39.6. The molecule has 1 aromatic heterocycles. The zero-order valence-corrected chi connectivity index (χ0v) is 19.4. The highest BCUT2D eigenvalue weighted by Gasteiger charge is 2.47. The van der Waals surface area contributed by atoms with Crippen LogP contribution in [0.5, 0.6) is 0 Å². The molecule has 1 aromatic carbocycles. The Morgan fingerprint density at radius 3 is 2.38 bits per heavy atom. The Morgan fingerprint density at radius 1 is 1.09 bits per heavy atom. The summed E-state index contributed by atoms with van der Waals surface area (Å²) >= 11 is 6.69. The van der Waals surface area contributed by atoms with E-state index in [2.05, 4.69) is 18.1 Å². The van der Waals surface area contributed by atoms with Gasteiger partial charge in [0.1, 0.15) is 34.9 Å². The second kappa shape index (κ2) is 9.34. The average molecular weight is 560 g/mol. The van der Waals surface area contributed by atoms with Crippen molar-refractivity contribution in [3.63, 3.8) is 0 Å². The SMILES string of the molecule is O=P(O)(O)OP(=O)(O)OP(=O)(O)OC[C@H]1O[C@@H](c2nc3c(F)cc(Cl)cc3s2)[C@H](O)[C@@H]1O. The van der Waals surface area contributed by atoms with Crippen LogP contribution < -0.4 is 0 Å². The number of thiazole rings is 1. The number of aromatic nitrogens is 1. The number of hydrogen-bond acceptors (Lipinski definition) is 11. The van der Waals surface area contributed by atoms with Gasteiger partial charge in [0.15, 0.2) is 5.82 Å². The molecule has 14 nitrogen and oxygen atoms in total. The number of halogens is 2. The maximum Gasteiger partial charge on any atom is 0.490 e. The first kappa shape index (κ1) is 26.2. The number of ether oxygens (including phenoxy) is 1. The van der Waals surface area contributed by atoms with Crippen LogP contribution in [0.1, 0.15) is 11.1 Å². The van der Waals surface area contributed by atoms with Crippen LogP contribution in [0.2, 0.25) is 5.02 Å². The van der Waals surface area contributed by atoms with Crippen molar-refractivity contribution >= 4 is 56.6 Å². The lowest BCUT2D eigenvalue weighted by Gasteiger charge is -2.19. The maximum atomic E-state index is 14.0. The van der Waals surface area contributed by atoms with Crippen molar-refractivity contribution in [2.24, 2.45) is 0 Å². The molecule has 0 aliphatic carbocycles. The molecular formula is C12H14ClFNO13P3S. The van der Waals surface area contributed by atoms with Gasteiger partial charge in [0.2, 0.25) is 0 Å². The van der Waals surface area contributed by atoms with Gasteiger partial charge < -0.3 is 34.5 Å². The highest BCUT2D eigenvalue weighted by Crippen LogP contribution is 2.66. The fourth-order valence-corrected chi connectivity index (χ4v) is 7.06. The summed E-state index contributed by atoms with van der Waals surface area (Å²) in [5.41, 5.74) is -0.0589. The normalized spacial score (nSPS) is 28.0. The molecule has 1 aliphatic rings. The summed E-state index contributed by atoms with van der Waals surface area (Å²) in [5, 5.41) is 20.5. The van der Waals surface area contributed by atoms with E-state index in [9.17, 15) is 33.2 Å². The monoisotopic (exact) mass is 559 g/mol.